The molecule has 2 aromatic rings. The van der Waals surface area contributed by atoms with Gasteiger partial charge in [0.05, 0.1) is 35.0 Å². The van der Waals surface area contributed by atoms with Crippen LogP contribution in [0.5, 0.6) is 23.0 Å². The lowest BCUT2D eigenvalue weighted by atomic mass is 10.2. The Hall–Kier alpha value is -2.07. The molecule has 30 heavy (non-hydrogen) atoms. The van der Waals surface area contributed by atoms with Gasteiger partial charge in [-0.05, 0) is 36.8 Å². The summed E-state index contributed by atoms with van der Waals surface area (Å²) in [6.45, 7) is 3.73. The molecule has 0 radical (unpaired) electrons. The summed E-state index contributed by atoms with van der Waals surface area (Å²) in [4.78, 5) is 4.65. The van der Waals surface area contributed by atoms with E-state index in [1.54, 1.807) is 34.5 Å². The van der Waals surface area contributed by atoms with Crippen LogP contribution < -0.4 is 29.6 Å². The Kier molecular flexibility index (Phi) is 11.5. The molecule has 0 amide bonds. The number of guanidine groups is 1. The van der Waals surface area contributed by atoms with Crippen LogP contribution in [0.2, 0.25) is 5.02 Å². The second kappa shape index (κ2) is 13.3. The van der Waals surface area contributed by atoms with Crippen LogP contribution in [0.1, 0.15) is 18.1 Å². The standard InChI is InChI=1S/C21H28ClN3O4.HI/c1-6-23-21(25-13-15-7-8-16(22)11-17(15)26-2)24-12-14-9-18(27-3)20(29-5)19(10-14)28-4;/h7-11H,6,12-13H2,1-5H3,(H2,23,24,25);1H. The number of nitrogens with zero attached hydrogens (tertiary/aromatic N) is 1. The van der Waals surface area contributed by atoms with E-state index in [9.17, 15) is 0 Å². The Bertz CT molecular complexity index is 824. The molecule has 0 unspecified atom stereocenters. The maximum Gasteiger partial charge on any atom is 0.203 e. The number of nitrogens with one attached hydrogen (secondary N) is 2. The largest absolute Gasteiger partial charge is 0.496 e. The first kappa shape index (κ1) is 26.0. The zero-order chi connectivity index (χ0) is 21.2. The minimum Gasteiger partial charge on any atom is -0.496 e. The van der Waals surface area contributed by atoms with E-state index in [0.717, 1.165) is 23.4 Å². The fourth-order valence-electron chi connectivity index (χ4n) is 2.78. The smallest absolute Gasteiger partial charge is 0.203 e. The normalized spacial score (nSPS) is 10.7. The van der Waals surface area contributed by atoms with Crippen LogP contribution in [-0.4, -0.2) is 40.9 Å². The predicted molar refractivity (Wildman–Crippen MR) is 131 cm³/mol. The number of halogens is 2. The van der Waals surface area contributed by atoms with E-state index in [1.807, 2.05) is 31.2 Å². The lowest BCUT2D eigenvalue weighted by Gasteiger charge is -2.15. The highest BCUT2D eigenvalue weighted by Gasteiger charge is 2.13. The van der Waals surface area contributed by atoms with E-state index in [2.05, 4.69) is 15.6 Å². The number of aliphatic imine (C=N–C) groups is 1. The van der Waals surface area contributed by atoms with Crippen LogP contribution >= 0.6 is 35.6 Å². The fraction of sp³-hybridized carbons (Fsp3) is 0.381. The molecule has 0 aliphatic heterocycles. The van der Waals surface area contributed by atoms with Crippen molar-refractivity contribution in [3.63, 3.8) is 0 Å². The van der Waals surface area contributed by atoms with Crippen molar-refractivity contribution in [3.8, 4) is 23.0 Å². The first-order valence-electron chi connectivity index (χ1n) is 9.19. The SMILES string of the molecule is CCNC(=NCc1cc(OC)c(OC)c(OC)c1)NCc1ccc(Cl)cc1OC.I. The van der Waals surface area contributed by atoms with Gasteiger partial charge < -0.3 is 29.6 Å². The summed E-state index contributed by atoms with van der Waals surface area (Å²) in [5.74, 6) is 3.16. The summed E-state index contributed by atoms with van der Waals surface area (Å²) in [5, 5.41) is 7.18. The molecule has 0 atom stereocenters. The molecule has 7 nitrogen and oxygen atoms in total. The molecule has 166 valence electrons. The zero-order valence-corrected chi connectivity index (χ0v) is 21.0. The molecule has 9 heteroatoms. The van der Waals surface area contributed by atoms with Gasteiger partial charge in [-0.2, -0.15) is 0 Å². The molecule has 0 saturated carbocycles. The van der Waals surface area contributed by atoms with Crippen molar-refractivity contribution in [3.05, 3.63) is 46.5 Å². The second-order valence-corrected chi connectivity index (χ2v) is 6.47. The van der Waals surface area contributed by atoms with Crippen molar-refractivity contribution in [2.45, 2.75) is 20.0 Å². The van der Waals surface area contributed by atoms with Gasteiger partial charge in [0.25, 0.3) is 0 Å². The Morgan fingerprint density at radius 1 is 0.900 bits per heavy atom. The molecular formula is C21H29ClIN3O4. The molecule has 0 aliphatic rings. The highest BCUT2D eigenvalue weighted by atomic mass is 127. The lowest BCUT2D eigenvalue weighted by Crippen LogP contribution is -2.36. The molecule has 2 aromatic carbocycles. The summed E-state index contributed by atoms with van der Waals surface area (Å²) in [5.41, 5.74) is 1.91. The van der Waals surface area contributed by atoms with E-state index in [4.69, 9.17) is 30.5 Å². The van der Waals surface area contributed by atoms with Crippen molar-refractivity contribution in [1.82, 2.24) is 10.6 Å². The van der Waals surface area contributed by atoms with E-state index >= 15 is 0 Å². The minimum atomic E-state index is 0. The summed E-state index contributed by atoms with van der Waals surface area (Å²) in [6.07, 6.45) is 0. The maximum atomic E-state index is 6.03. The third-order valence-electron chi connectivity index (χ3n) is 4.18. The van der Waals surface area contributed by atoms with Crippen LogP contribution in [0.4, 0.5) is 0 Å². The third-order valence-corrected chi connectivity index (χ3v) is 4.42. The molecule has 0 fully saturated rings. The van der Waals surface area contributed by atoms with Crippen LogP contribution in [0.25, 0.3) is 0 Å². The van der Waals surface area contributed by atoms with Gasteiger partial charge in [-0.3, -0.25) is 0 Å². The van der Waals surface area contributed by atoms with Gasteiger partial charge in [-0.15, -0.1) is 24.0 Å². The Balaban J connectivity index is 0.00000450. The van der Waals surface area contributed by atoms with Gasteiger partial charge in [0.15, 0.2) is 17.5 Å². The second-order valence-electron chi connectivity index (χ2n) is 6.04. The van der Waals surface area contributed by atoms with Crippen molar-refractivity contribution in [1.29, 1.82) is 0 Å². The minimum absolute atomic E-state index is 0. The quantitative estimate of drug-likeness (QED) is 0.277. The predicted octanol–water partition coefficient (Wildman–Crippen LogP) is 4.25. The Labute approximate surface area is 200 Å². The number of rotatable bonds is 9. The summed E-state index contributed by atoms with van der Waals surface area (Å²) >= 11 is 6.03. The third kappa shape index (κ3) is 7.02. The lowest BCUT2D eigenvalue weighted by molar-refractivity contribution is 0.324. The van der Waals surface area contributed by atoms with Gasteiger partial charge in [0.2, 0.25) is 5.75 Å². The first-order chi connectivity index (χ1) is 14.1. The molecule has 0 bridgehead atoms. The zero-order valence-electron chi connectivity index (χ0n) is 17.9. The number of hydrogen-bond acceptors (Lipinski definition) is 5. The monoisotopic (exact) mass is 549 g/mol. The molecule has 0 saturated heterocycles. The van der Waals surface area contributed by atoms with Gasteiger partial charge in [-0.1, -0.05) is 17.7 Å². The van der Waals surface area contributed by atoms with Gasteiger partial charge >= 0.3 is 0 Å². The van der Waals surface area contributed by atoms with Crippen LogP contribution in [-0.2, 0) is 13.1 Å². The number of ether oxygens (including phenoxy) is 4. The number of hydrogen-bond donors (Lipinski definition) is 2. The van der Waals surface area contributed by atoms with Gasteiger partial charge in [0.1, 0.15) is 5.75 Å². The maximum absolute atomic E-state index is 6.03. The molecule has 0 heterocycles. The molecule has 0 spiro atoms. The molecule has 2 N–H and O–H groups in total. The van der Waals surface area contributed by atoms with Crippen LogP contribution in [0.15, 0.2) is 35.3 Å². The fourth-order valence-corrected chi connectivity index (χ4v) is 2.94. The van der Waals surface area contributed by atoms with Gasteiger partial charge in [0, 0.05) is 23.7 Å². The van der Waals surface area contributed by atoms with Crippen molar-refractivity contribution < 1.29 is 18.9 Å². The highest BCUT2D eigenvalue weighted by molar-refractivity contribution is 14.0. The van der Waals surface area contributed by atoms with Crippen LogP contribution in [0, 0.1) is 0 Å². The average molecular weight is 550 g/mol. The highest BCUT2D eigenvalue weighted by Crippen LogP contribution is 2.38. The first-order valence-corrected chi connectivity index (χ1v) is 9.57. The van der Waals surface area contributed by atoms with Crippen molar-refractivity contribution in [2.75, 3.05) is 35.0 Å². The Morgan fingerprint density at radius 3 is 2.07 bits per heavy atom. The molecule has 2 rings (SSSR count). The molecule has 0 aromatic heterocycles. The van der Waals surface area contributed by atoms with Crippen molar-refractivity contribution in [2.24, 2.45) is 4.99 Å². The molecule has 0 aliphatic carbocycles. The summed E-state index contributed by atoms with van der Waals surface area (Å²) in [6, 6.07) is 9.32. The van der Waals surface area contributed by atoms with E-state index in [0.29, 0.717) is 41.3 Å². The van der Waals surface area contributed by atoms with Crippen molar-refractivity contribution >= 4 is 41.5 Å². The van der Waals surface area contributed by atoms with Crippen LogP contribution in [0.3, 0.4) is 0 Å². The Morgan fingerprint density at radius 2 is 1.53 bits per heavy atom. The average Bonchev–Trinajstić information content (AvgIpc) is 2.75. The summed E-state index contributed by atoms with van der Waals surface area (Å²) in [7, 11) is 6.39. The van der Waals surface area contributed by atoms with E-state index < -0.39 is 0 Å². The number of benzene rings is 2. The van der Waals surface area contributed by atoms with E-state index in [1.165, 1.54) is 0 Å². The summed E-state index contributed by atoms with van der Waals surface area (Å²) < 4.78 is 21.6. The number of methoxy groups -OCH3 is 4. The molecular weight excluding hydrogens is 521 g/mol. The van der Waals surface area contributed by atoms with E-state index in [-0.39, 0.29) is 24.0 Å². The van der Waals surface area contributed by atoms with Gasteiger partial charge in [-0.25, -0.2) is 4.99 Å². The topological polar surface area (TPSA) is 73.3 Å².